The number of amides is 1. The van der Waals surface area contributed by atoms with Gasteiger partial charge >= 0.3 is 0 Å². The maximum atomic E-state index is 12.6. The number of nitrogens with zero attached hydrogens (tertiary/aromatic N) is 1. The maximum absolute atomic E-state index is 12.6. The first kappa shape index (κ1) is 17.9. The van der Waals surface area contributed by atoms with Gasteiger partial charge in [0.25, 0.3) is 5.56 Å². The number of nitrogens with one attached hydrogen (secondary N) is 2. The summed E-state index contributed by atoms with van der Waals surface area (Å²) in [6.07, 6.45) is 5.08. The molecule has 0 unspecified atom stereocenters. The fraction of sp³-hybridized carbons (Fsp3) is 0.381. The Hall–Kier alpha value is -2.47. The van der Waals surface area contributed by atoms with E-state index in [1.807, 2.05) is 37.3 Å². The fourth-order valence-corrected chi connectivity index (χ4v) is 4.98. The summed E-state index contributed by atoms with van der Waals surface area (Å²) in [6.45, 7) is 1.97. The standard InChI is InChI=1S/C21H23N3O2S/c1-13(14-7-3-2-4-8-14)22-18(25)12-11-17-23-20(26)19-15-9-5-6-10-16(15)27-21(19)24-17/h2-4,7-8,13H,5-6,9-12H2,1H3,(H,22,25)(H,23,24,26)/t13-/m1/s1. The lowest BCUT2D eigenvalue weighted by Crippen LogP contribution is -2.27. The summed E-state index contributed by atoms with van der Waals surface area (Å²) in [6, 6.07) is 9.83. The average Bonchev–Trinajstić information content (AvgIpc) is 3.06. The Kier molecular flexibility index (Phi) is 5.07. The van der Waals surface area contributed by atoms with Crippen molar-refractivity contribution in [3.05, 3.63) is 62.5 Å². The molecule has 2 heterocycles. The van der Waals surface area contributed by atoms with Crippen LogP contribution in [0.25, 0.3) is 10.2 Å². The summed E-state index contributed by atoms with van der Waals surface area (Å²) in [5, 5.41) is 3.77. The van der Waals surface area contributed by atoms with Crippen LogP contribution in [0.3, 0.4) is 0 Å². The van der Waals surface area contributed by atoms with Crippen molar-refractivity contribution in [2.45, 2.75) is 51.5 Å². The Bertz CT molecular complexity index is 1020. The molecule has 4 rings (SSSR count). The van der Waals surface area contributed by atoms with Crippen LogP contribution >= 0.6 is 11.3 Å². The third-order valence-electron chi connectivity index (χ3n) is 5.14. The zero-order valence-corrected chi connectivity index (χ0v) is 16.2. The minimum atomic E-state index is -0.0625. The van der Waals surface area contributed by atoms with E-state index in [0.717, 1.165) is 35.0 Å². The van der Waals surface area contributed by atoms with Gasteiger partial charge in [-0.25, -0.2) is 4.98 Å². The van der Waals surface area contributed by atoms with Gasteiger partial charge in [0.15, 0.2) is 0 Å². The molecule has 0 radical (unpaired) electrons. The number of carbonyl (C=O) groups excluding carboxylic acids is 1. The lowest BCUT2D eigenvalue weighted by Gasteiger charge is -2.14. The molecule has 2 aromatic heterocycles. The summed E-state index contributed by atoms with van der Waals surface area (Å²) in [7, 11) is 0. The van der Waals surface area contributed by atoms with Gasteiger partial charge in [0.1, 0.15) is 10.7 Å². The van der Waals surface area contributed by atoms with Crippen LogP contribution < -0.4 is 10.9 Å². The van der Waals surface area contributed by atoms with Crippen LogP contribution in [0.2, 0.25) is 0 Å². The summed E-state index contributed by atoms with van der Waals surface area (Å²) in [4.78, 5) is 34.5. The van der Waals surface area contributed by atoms with Gasteiger partial charge in [-0.3, -0.25) is 9.59 Å². The maximum Gasteiger partial charge on any atom is 0.259 e. The van der Waals surface area contributed by atoms with E-state index >= 15 is 0 Å². The topological polar surface area (TPSA) is 74.8 Å². The zero-order chi connectivity index (χ0) is 18.8. The highest BCUT2D eigenvalue weighted by Gasteiger charge is 2.20. The molecule has 1 aromatic carbocycles. The summed E-state index contributed by atoms with van der Waals surface area (Å²) in [5.41, 5.74) is 2.20. The number of aromatic nitrogens is 2. The molecular formula is C21H23N3O2S. The van der Waals surface area contributed by atoms with Gasteiger partial charge in [0, 0.05) is 17.7 Å². The van der Waals surface area contributed by atoms with E-state index < -0.39 is 0 Å². The lowest BCUT2D eigenvalue weighted by molar-refractivity contribution is -0.121. The lowest BCUT2D eigenvalue weighted by atomic mass is 9.97. The number of benzene rings is 1. The van der Waals surface area contributed by atoms with Gasteiger partial charge in [0.05, 0.1) is 11.4 Å². The van der Waals surface area contributed by atoms with E-state index in [0.29, 0.717) is 18.7 Å². The number of aromatic amines is 1. The molecule has 2 N–H and O–H groups in total. The van der Waals surface area contributed by atoms with E-state index in [-0.39, 0.29) is 17.5 Å². The normalized spacial score (nSPS) is 14.7. The van der Waals surface area contributed by atoms with Crippen molar-refractivity contribution in [2.75, 3.05) is 0 Å². The van der Waals surface area contributed by atoms with Gasteiger partial charge in [-0.2, -0.15) is 0 Å². The average molecular weight is 382 g/mol. The highest BCUT2D eigenvalue weighted by molar-refractivity contribution is 7.18. The molecule has 1 aliphatic rings. The third kappa shape index (κ3) is 3.81. The molecule has 140 valence electrons. The Morgan fingerprint density at radius 2 is 2.04 bits per heavy atom. The van der Waals surface area contributed by atoms with Crippen LogP contribution in [0, 0.1) is 0 Å². The van der Waals surface area contributed by atoms with Crippen LogP contribution in [0.5, 0.6) is 0 Å². The number of carbonyl (C=O) groups is 1. The largest absolute Gasteiger partial charge is 0.350 e. The number of rotatable bonds is 5. The first-order valence-corrected chi connectivity index (χ1v) is 10.3. The molecule has 5 nitrogen and oxygen atoms in total. The minimum Gasteiger partial charge on any atom is -0.350 e. The molecule has 27 heavy (non-hydrogen) atoms. The number of H-pyrrole nitrogens is 1. The third-order valence-corrected chi connectivity index (χ3v) is 6.33. The van der Waals surface area contributed by atoms with Crippen molar-refractivity contribution in [1.82, 2.24) is 15.3 Å². The molecule has 0 saturated carbocycles. The quantitative estimate of drug-likeness (QED) is 0.708. The van der Waals surface area contributed by atoms with E-state index in [1.165, 1.54) is 16.9 Å². The monoisotopic (exact) mass is 381 g/mol. The van der Waals surface area contributed by atoms with Crippen LogP contribution in [0.1, 0.15) is 54.1 Å². The second-order valence-corrected chi connectivity index (χ2v) is 8.19. The Morgan fingerprint density at radius 1 is 1.26 bits per heavy atom. The molecule has 0 bridgehead atoms. The SMILES string of the molecule is C[C@@H](NC(=O)CCc1nc2sc3c(c2c(=O)[nH]1)CCCC3)c1ccccc1. The Morgan fingerprint density at radius 3 is 2.85 bits per heavy atom. The highest BCUT2D eigenvalue weighted by Crippen LogP contribution is 2.33. The molecule has 0 saturated heterocycles. The van der Waals surface area contributed by atoms with Crippen molar-refractivity contribution in [3.63, 3.8) is 0 Å². The number of fused-ring (bicyclic) bond motifs is 3. The zero-order valence-electron chi connectivity index (χ0n) is 15.4. The molecule has 0 spiro atoms. The smallest absolute Gasteiger partial charge is 0.259 e. The van der Waals surface area contributed by atoms with Crippen molar-refractivity contribution in [3.8, 4) is 0 Å². The van der Waals surface area contributed by atoms with Gasteiger partial charge in [0.2, 0.25) is 5.91 Å². The molecule has 0 fully saturated rings. The highest BCUT2D eigenvalue weighted by atomic mass is 32.1. The van der Waals surface area contributed by atoms with E-state index in [1.54, 1.807) is 11.3 Å². The second-order valence-electron chi connectivity index (χ2n) is 7.10. The molecule has 6 heteroatoms. The Balaban J connectivity index is 1.44. The number of aryl methyl sites for hydroxylation is 3. The van der Waals surface area contributed by atoms with Crippen LogP contribution in [-0.4, -0.2) is 15.9 Å². The van der Waals surface area contributed by atoms with Gasteiger partial charge in [-0.15, -0.1) is 11.3 Å². The number of hydrogen-bond acceptors (Lipinski definition) is 4. The van der Waals surface area contributed by atoms with Crippen molar-refractivity contribution in [2.24, 2.45) is 0 Å². The van der Waals surface area contributed by atoms with Crippen LogP contribution in [-0.2, 0) is 24.1 Å². The number of thiophene rings is 1. The second kappa shape index (κ2) is 7.64. The molecule has 0 aliphatic heterocycles. The van der Waals surface area contributed by atoms with Crippen molar-refractivity contribution in [1.29, 1.82) is 0 Å². The predicted molar refractivity (Wildman–Crippen MR) is 108 cm³/mol. The van der Waals surface area contributed by atoms with Crippen molar-refractivity contribution >= 4 is 27.5 Å². The van der Waals surface area contributed by atoms with Gasteiger partial charge < -0.3 is 10.3 Å². The minimum absolute atomic E-state index is 0.0421. The van der Waals surface area contributed by atoms with E-state index in [4.69, 9.17) is 0 Å². The van der Waals surface area contributed by atoms with E-state index in [9.17, 15) is 9.59 Å². The molecule has 1 atom stereocenters. The van der Waals surface area contributed by atoms with Crippen LogP contribution in [0.15, 0.2) is 35.1 Å². The molecule has 3 aromatic rings. The summed E-state index contributed by atoms with van der Waals surface area (Å²) < 4.78 is 0. The van der Waals surface area contributed by atoms with Crippen LogP contribution in [0.4, 0.5) is 0 Å². The van der Waals surface area contributed by atoms with Crippen molar-refractivity contribution < 1.29 is 4.79 Å². The van der Waals surface area contributed by atoms with Gasteiger partial charge in [-0.05, 0) is 43.7 Å². The van der Waals surface area contributed by atoms with Gasteiger partial charge in [-0.1, -0.05) is 30.3 Å². The predicted octanol–water partition coefficient (Wildman–Crippen LogP) is 3.67. The first-order chi connectivity index (χ1) is 13.1. The molecule has 1 aliphatic carbocycles. The fourth-order valence-electron chi connectivity index (χ4n) is 3.70. The molecular weight excluding hydrogens is 358 g/mol. The Labute approximate surface area is 161 Å². The van der Waals surface area contributed by atoms with E-state index in [2.05, 4.69) is 15.3 Å². The molecule has 1 amide bonds. The number of hydrogen-bond donors (Lipinski definition) is 2. The first-order valence-electron chi connectivity index (χ1n) is 9.49. The summed E-state index contributed by atoms with van der Waals surface area (Å²) in [5.74, 6) is 0.549. The summed E-state index contributed by atoms with van der Waals surface area (Å²) >= 11 is 1.64.